The van der Waals surface area contributed by atoms with Crippen LogP contribution in [0.4, 0.5) is 6.01 Å². The predicted molar refractivity (Wildman–Crippen MR) is 49.5 cm³/mol. The Morgan fingerprint density at radius 3 is 2.93 bits per heavy atom. The van der Waals surface area contributed by atoms with Crippen LogP contribution in [0.5, 0.6) is 0 Å². The molecule has 0 saturated carbocycles. The zero-order valence-corrected chi connectivity index (χ0v) is 8.04. The minimum absolute atomic E-state index is 0.000648. The third-order valence-electron chi connectivity index (χ3n) is 2.12. The Morgan fingerprint density at radius 2 is 2.40 bits per heavy atom. The summed E-state index contributed by atoms with van der Waals surface area (Å²) in [6, 6.07) is 0.0580. The second-order valence-corrected chi connectivity index (χ2v) is 3.28. The number of aliphatic hydroxyl groups is 1. The number of carbonyl (C=O) groups is 1. The summed E-state index contributed by atoms with van der Waals surface area (Å²) < 4.78 is 4.80. The Hall–Kier alpha value is -1.98. The van der Waals surface area contributed by atoms with Gasteiger partial charge in [0.25, 0.3) is 0 Å². The maximum Gasteiger partial charge on any atom is 0.340 e. The molecule has 0 aliphatic heterocycles. The van der Waals surface area contributed by atoms with E-state index < -0.39 is 0 Å². The first kappa shape index (κ1) is 9.57. The van der Waals surface area contributed by atoms with Gasteiger partial charge in [-0.2, -0.15) is 4.98 Å². The van der Waals surface area contributed by atoms with Crippen molar-refractivity contribution in [1.82, 2.24) is 4.98 Å². The second-order valence-electron chi connectivity index (χ2n) is 3.28. The van der Waals surface area contributed by atoms with Gasteiger partial charge in [0.05, 0.1) is 6.20 Å². The minimum Gasteiger partial charge on any atom is -0.510 e. The molecule has 1 aliphatic carbocycles. The Bertz CT molecular complexity index is 433. The van der Waals surface area contributed by atoms with Gasteiger partial charge in [0.2, 0.25) is 0 Å². The topological polar surface area (TPSA) is 88.0 Å². The molecule has 0 fully saturated rings. The van der Waals surface area contributed by atoms with Gasteiger partial charge in [-0.3, -0.25) is 4.79 Å². The Balaban J connectivity index is 2.22. The molecule has 6 nitrogen and oxygen atoms in total. The average Bonchev–Trinajstić information content (AvgIpc) is 2.76. The zero-order chi connectivity index (χ0) is 10.8. The molecular weight excluding hydrogens is 198 g/mol. The number of Topliss-reactive ketones (excluding diaryl/α,β-unsaturated/α-hetero) is 1. The molecule has 0 saturated heterocycles. The standard InChI is InChI=1S/C9H9N3O3/c1-5-4-6(13)7(8(5)14)11-12-9-10-2-3-15-9/h2-3,5,14H,4H2,1H3. The highest BCUT2D eigenvalue weighted by atomic mass is 16.4. The number of oxazole rings is 1. The Labute approximate surface area is 85.3 Å². The molecule has 1 aliphatic rings. The van der Waals surface area contributed by atoms with Crippen molar-refractivity contribution >= 4 is 11.8 Å². The number of ketones is 1. The van der Waals surface area contributed by atoms with E-state index in [4.69, 9.17) is 4.42 Å². The molecule has 78 valence electrons. The van der Waals surface area contributed by atoms with Crippen LogP contribution in [0.2, 0.25) is 0 Å². The van der Waals surface area contributed by atoms with Crippen molar-refractivity contribution in [2.45, 2.75) is 13.3 Å². The van der Waals surface area contributed by atoms with E-state index in [1.54, 1.807) is 6.92 Å². The summed E-state index contributed by atoms with van der Waals surface area (Å²) in [5, 5.41) is 16.7. The van der Waals surface area contributed by atoms with Gasteiger partial charge in [-0.05, 0) is 0 Å². The van der Waals surface area contributed by atoms with Crippen LogP contribution in [0.1, 0.15) is 13.3 Å². The number of azo groups is 1. The second kappa shape index (κ2) is 3.64. The molecule has 0 bridgehead atoms. The van der Waals surface area contributed by atoms with Gasteiger partial charge in [0.15, 0.2) is 11.5 Å². The van der Waals surface area contributed by atoms with E-state index in [2.05, 4.69) is 15.2 Å². The van der Waals surface area contributed by atoms with Crippen LogP contribution in [0, 0.1) is 5.92 Å². The van der Waals surface area contributed by atoms with Crippen molar-refractivity contribution in [3.05, 3.63) is 23.9 Å². The Kier molecular flexibility index (Phi) is 2.32. The summed E-state index contributed by atoms with van der Waals surface area (Å²) in [5.74, 6) is -0.415. The SMILES string of the molecule is CC1CC(=O)C(N=Nc2ncco2)=C1O. The Morgan fingerprint density at radius 1 is 1.60 bits per heavy atom. The molecule has 6 heteroatoms. The molecule has 1 heterocycles. The summed E-state index contributed by atoms with van der Waals surface area (Å²) >= 11 is 0. The van der Waals surface area contributed by atoms with Crippen LogP contribution >= 0.6 is 0 Å². The monoisotopic (exact) mass is 207 g/mol. The molecule has 0 spiro atoms. The third kappa shape index (κ3) is 1.78. The van der Waals surface area contributed by atoms with Crippen molar-refractivity contribution in [2.75, 3.05) is 0 Å². The molecule has 0 aromatic carbocycles. The van der Waals surface area contributed by atoms with E-state index in [0.717, 1.165) is 0 Å². The lowest BCUT2D eigenvalue weighted by molar-refractivity contribution is -0.115. The molecule has 0 radical (unpaired) electrons. The first-order valence-electron chi connectivity index (χ1n) is 4.46. The van der Waals surface area contributed by atoms with Gasteiger partial charge < -0.3 is 9.52 Å². The summed E-state index contributed by atoms with van der Waals surface area (Å²) in [6.07, 6.45) is 3.04. The third-order valence-corrected chi connectivity index (χ3v) is 2.12. The van der Waals surface area contributed by atoms with Crippen molar-refractivity contribution in [3.8, 4) is 0 Å². The first-order chi connectivity index (χ1) is 7.18. The summed E-state index contributed by atoms with van der Waals surface area (Å²) in [7, 11) is 0. The molecule has 15 heavy (non-hydrogen) atoms. The lowest BCUT2D eigenvalue weighted by atomic mass is 10.1. The molecular formula is C9H9N3O3. The number of carbonyl (C=O) groups excluding carboxylic acids is 1. The summed E-state index contributed by atoms with van der Waals surface area (Å²) in [4.78, 5) is 15.0. The van der Waals surface area contributed by atoms with E-state index in [-0.39, 0.29) is 35.6 Å². The minimum atomic E-state index is -0.213. The molecule has 1 aromatic heterocycles. The van der Waals surface area contributed by atoms with Crippen molar-refractivity contribution < 1.29 is 14.3 Å². The smallest absolute Gasteiger partial charge is 0.340 e. The fourth-order valence-corrected chi connectivity index (χ4v) is 1.31. The van der Waals surface area contributed by atoms with E-state index in [1.165, 1.54) is 12.5 Å². The lowest BCUT2D eigenvalue weighted by Crippen LogP contribution is -1.94. The highest BCUT2D eigenvalue weighted by Gasteiger charge is 2.29. The normalized spacial score (nSPS) is 21.9. The maximum atomic E-state index is 11.3. The van der Waals surface area contributed by atoms with E-state index in [1.807, 2.05) is 0 Å². The fourth-order valence-electron chi connectivity index (χ4n) is 1.31. The maximum absolute atomic E-state index is 11.3. The van der Waals surface area contributed by atoms with Gasteiger partial charge in [-0.25, -0.2) is 0 Å². The van der Waals surface area contributed by atoms with Gasteiger partial charge in [-0.1, -0.05) is 12.0 Å². The number of aliphatic hydroxyl groups excluding tert-OH is 1. The number of hydrogen-bond donors (Lipinski definition) is 1. The zero-order valence-electron chi connectivity index (χ0n) is 8.04. The van der Waals surface area contributed by atoms with Gasteiger partial charge in [0, 0.05) is 12.3 Å². The molecule has 0 amide bonds. The highest BCUT2D eigenvalue weighted by Crippen LogP contribution is 2.28. The van der Waals surface area contributed by atoms with Gasteiger partial charge in [0.1, 0.15) is 12.0 Å². The number of rotatable bonds is 2. The number of nitrogens with zero attached hydrogens (tertiary/aromatic N) is 3. The first-order valence-corrected chi connectivity index (χ1v) is 4.46. The van der Waals surface area contributed by atoms with E-state index in [0.29, 0.717) is 0 Å². The van der Waals surface area contributed by atoms with Crippen LogP contribution in [-0.4, -0.2) is 15.9 Å². The van der Waals surface area contributed by atoms with Crippen LogP contribution < -0.4 is 0 Å². The van der Waals surface area contributed by atoms with Gasteiger partial charge >= 0.3 is 6.01 Å². The van der Waals surface area contributed by atoms with Crippen LogP contribution in [-0.2, 0) is 4.79 Å². The molecule has 1 unspecified atom stereocenters. The quantitative estimate of drug-likeness (QED) is 0.752. The number of aromatic nitrogens is 1. The highest BCUT2D eigenvalue weighted by molar-refractivity contribution is 5.98. The van der Waals surface area contributed by atoms with Crippen molar-refractivity contribution in [2.24, 2.45) is 16.1 Å². The van der Waals surface area contributed by atoms with E-state index in [9.17, 15) is 9.90 Å². The largest absolute Gasteiger partial charge is 0.510 e. The lowest BCUT2D eigenvalue weighted by Gasteiger charge is -1.96. The summed E-state index contributed by atoms with van der Waals surface area (Å²) in [5.41, 5.74) is 0.000648. The van der Waals surface area contributed by atoms with Crippen molar-refractivity contribution in [1.29, 1.82) is 0 Å². The number of hydrogen-bond acceptors (Lipinski definition) is 6. The predicted octanol–water partition coefficient (Wildman–Crippen LogP) is 2.14. The number of allylic oxidation sites excluding steroid dienone is 2. The van der Waals surface area contributed by atoms with Crippen molar-refractivity contribution in [3.63, 3.8) is 0 Å². The summed E-state index contributed by atoms with van der Waals surface area (Å²) in [6.45, 7) is 1.75. The van der Waals surface area contributed by atoms with Crippen LogP contribution in [0.3, 0.4) is 0 Å². The fraction of sp³-hybridized carbons (Fsp3) is 0.333. The average molecular weight is 207 g/mol. The van der Waals surface area contributed by atoms with Crippen LogP contribution in [0.15, 0.2) is 38.6 Å². The molecule has 1 atom stereocenters. The molecule has 1 aromatic rings. The molecule has 2 rings (SSSR count). The van der Waals surface area contributed by atoms with Crippen LogP contribution in [0.25, 0.3) is 0 Å². The molecule has 1 N–H and O–H groups in total. The van der Waals surface area contributed by atoms with E-state index >= 15 is 0 Å². The van der Waals surface area contributed by atoms with Gasteiger partial charge in [-0.15, -0.1) is 5.11 Å².